The molecule has 3 saturated carbocycles. The lowest BCUT2D eigenvalue weighted by molar-refractivity contribution is -0.0633. The summed E-state index contributed by atoms with van der Waals surface area (Å²) in [6.45, 7) is 44.0. The van der Waals surface area contributed by atoms with Gasteiger partial charge in [-0.15, -0.1) is 0 Å². The number of hydrogen-bond donors (Lipinski definition) is 0. The van der Waals surface area contributed by atoms with Crippen LogP contribution in [0.2, 0.25) is 55.9 Å². The molecule has 0 heterocycles. The molecule has 0 bridgehead atoms. The smallest absolute Gasteiger partial charge is 0.192 e. The minimum Gasteiger partial charge on any atom is -0.414 e. The molecule has 0 saturated heterocycles. The molecule has 48 heavy (non-hydrogen) atoms. The highest BCUT2D eigenvalue weighted by molar-refractivity contribution is 6.74. The van der Waals surface area contributed by atoms with Gasteiger partial charge in [-0.25, -0.2) is 0 Å². The van der Waals surface area contributed by atoms with Crippen LogP contribution in [-0.2, 0) is 18.0 Å². The molecule has 0 aromatic rings. The van der Waals surface area contributed by atoms with E-state index in [0.29, 0.717) is 23.9 Å². The summed E-state index contributed by atoms with van der Waals surface area (Å²) >= 11 is 0. The van der Waals surface area contributed by atoms with E-state index in [-0.39, 0.29) is 33.3 Å². The number of hydrogen-bond acceptors (Lipinski definition) is 4. The highest BCUT2D eigenvalue weighted by atomic mass is 28.4. The minimum absolute atomic E-state index is 0.131. The first-order chi connectivity index (χ1) is 21.5. The van der Waals surface area contributed by atoms with E-state index >= 15 is 0 Å². The van der Waals surface area contributed by atoms with E-state index in [1.54, 1.807) is 5.57 Å². The van der Waals surface area contributed by atoms with Crippen molar-refractivity contribution >= 4 is 25.0 Å². The predicted molar refractivity (Wildman–Crippen MR) is 215 cm³/mol. The molecule has 3 rings (SSSR count). The second-order valence-electron chi connectivity index (χ2n) is 21.7. The van der Waals surface area contributed by atoms with Crippen molar-refractivity contribution in [3.8, 4) is 0 Å². The molecule has 280 valence electrons. The standard InChI is InChI=1S/C41H80O4Si3/c1-37(2,3)47(15,16)43-33-26-31(27-34(28-33)44-48(17,18)38(4,5)6)21-22-32-20-19-25-41(11)35(32)23-24-36(41)39(7,8)29-42-30-40(9,10)45-46(12,13)14/h21-22,33-36H,19-20,23-30H2,1-18H3/b32-22+/t33-,34-,35+,36-,41+/m1/s1. The fraction of sp³-hybridized carbons (Fsp3) is 0.902. The Morgan fingerprint density at radius 2 is 1.25 bits per heavy atom. The summed E-state index contributed by atoms with van der Waals surface area (Å²) in [6.07, 6.45) is 15.1. The highest BCUT2D eigenvalue weighted by Crippen LogP contribution is 2.62. The van der Waals surface area contributed by atoms with Gasteiger partial charge >= 0.3 is 0 Å². The van der Waals surface area contributed by atoms with Gasteiger partial charge in [-0.1, -0.05) is 85.6 Å². The SMILES string of the molecule is CC(C)(COCC(C)(C)[C@H]1CC[C@H]2/C(=C/C=C3C[C@@H](O[Si](C)(C)C(C)(C)C)C[C@H](O[Si](C)(C)C(C)(C)C)C3)CCC[C@]12C)O[Si](C)(C)C. The maximum Gasteiger partial charge on any atom is 0.192 e. The lowest BCUT2D eigenvalue weighted by Crippen LogP contribution is -2.48. The van der Waals surface area contributed by atoms with Gasteiger partial charge in [-0.05, 0) is 144 Å². The minimum atomic E-state index is -1.89. The van der Waals surface area contributed by atoms with E-state index in [2.05, 4.69) is 134 Å². The Morgan fingerprint density at radius 1 is 0.729 bits per heavy atom. The second kappa shape index (κ2) is 14.8. The predicted octanol–water partition coefficient (Wildman–Crippen LogP) is 12.7. The van der Waals surface area contributed by atoms with Crippen LogP contribution in [0.25, 0.3) is 0 Å². The van der Waals surface area contributed by atoms with E-state index in [1.165, 1.54) is 37.7 Å². The van der Waals surface area contributed by atoms with Crippen LogP contribution < -0.4 is 0 Å². The molecule has 3 fully saturated rings. The molecule has 0 spiro atoms. The second-order valence-corrected chi connectivity index (χ2v) is 35.6. The van der Waals surface area contributed by atoms with Crippen LogP contribution in [0.15, 0.2) is 23.3 Å². The van der Waals surface area contributed by atoms with Crippen LogP contribution in [0.1, 0.15) is 128 Å². The van der Waals surface area contributed by atoms with Crippen molar-refractivity contribution in [2.45, 2.75) is 201 Å². The Kier molecular flexibility index (Phi) is 13.0. The van der Waals surface area contributed by atoms with Crippen LogP contribution in [0, 0.1) is 22.7 Å². The van der Waals surface area contributed by atoms with Crippen LogP contribution in [0.4, 0.5) is 0 Å². The molecular formula is C41H80O4Si3. The van der Waals surface area contributed by atoms with Crippen molar-refractivity contribution in [1.82, 2.24) is 0 Å². The van der Waals surface area contributed by atoms with E-state index in [9.17, 15) is 0 Å². The molecule has 0 amide bonds. The largest absolute Gasteiger partial charge is 0.414 e. The first-order valence-electron chi connectivity index (χ1n) is 19.5. The Hall–Kier alpha value is -0.0294. The fourth-order valence-corrected chi connectivity index (χ4v) is 13.3. The van der Waals surface area contributed by atoms with Crippen LogP contribution in [-0.4, -0.2) is 56.0 Å². The lowest BCUT2D eigenvalue weighted by Gasteiger charge is -2.48. The van der Waals surface area contributed by atoms with Gasteiger partial charge in [0.2, 0.25) is 0 Å². The molecular weight excluding hydrogens is 641 g/mol. The topological polar surface area (TPSA) is 36.9 Å². The van der Waals surface area contributed by atoms with Crippen molar-refractivity contribution in [2.24, 2.45) is 22.7 Å². The molecule has 0 N–H and O–H groups in total. The number of fused-ring (bicyclic) bond motifs is 1. The third-order valence-electron chi connectivity index (χ3n) is 13.0. The first-order valence-corrected chi connectivity index (χ1v) is 28.7. The van der Waals surface area contributed by atoms with Gasteiger partial charge in [0.1, 0.15) is 0 Å². The average molecular weight is 721 g/mol. The summed E-state index contributed by atoms with van der Waals surface area (Å²) in [7, 11) is -5.40. The quantitative estimate of drug-likeness (QED) is 0.188. The van der Waals surface area contributed by atoms with Gasteiger partial charge in [-0.2, -0.15) is 0 Å². The van der Waals surface area contributed by atoms with Gasteiger partial charge in [-0.3, -0.25) is 0 Å². The maximum absolute atomic E-state index is 7.10. The van der Waals surface area contributed by atoms with Crippen molar-refractivity contribution in [3.63, 3.8) is 0 Å². The van der Waals surface area contributed by atoms with Crippen molar-refractivity contribution < 1.29 is 18.0 Å². The zero-order valence-corrected chi connectivity index (χ0v) is 38.2. The summed E-state index contributed by atoms with van der Waals surface area (Å²) in [5.74, 6) is 1.33. The monoisotopic (exact) mass is 721 g/mol. The Morgan fingerprint density at radius 3 is 1.73 bits per heavy atom. The number of allylic oxidation sites excluding steroid dienone is 3. The van der Waals surface area contributed by atoms with Crippen molar-refractivity contribution in [1.29, 1.82) is 0 Å². The van der Waals surface area contributed by atoms with Crippen LogP contribution >= 0.6 is 0 Å². The van der Waals surface area contributed by atoms with E-state index in [1.807, 2.05) is 0 Å². The Balaban J connectivity index is 1.80. The zero-order valence-electron chi connectivity index (χ0n) is 35.2. The van der Waals surface area contributed by atoms with Crippen LogP contribution in [0.5, 0.6) is 0 Å². The summed E-state index contributed by atoms with van der Waals surface area (Å²) in [5, 5.41) is 0.406. The summed E-state index contributed by atoms with van der Waals surface area (Å²) < 4.78 is 27.1. The zero-order chi connectivity index (χ0) is 36.8. The summed E-state index contributed by atoms with van der Waals surface area (Å²) in [5.41, 5.74) is 3.44. The molecule has 0 unspecified atom stereocenters. The fourth-order valence-electron chi connectivity index (χ4n) is 8.90. The third-order valence-corrected chi connectivity index (χ3v) is 23.2. The summed E-state index contributed by atoms with van der Waals surface area (Å²) in [4.78, 5) is 0. The molecule has 0 radical (unpaired) electrons. The van der Waals surface area contributed by atoms with Gasteiger partial charge in [0, 0.05) is 0 Å². The van der Waals surface area contributed by atoms with Gasteiger partial charge < -0.3 is 18.0 Å². The third kappa shape index (κ3) is 10.8. The maximum atomic E-state index is 7.10. The van der Waals surface area contributed by atoms with Gasteiger partial charge in [0.25, 0.3) is 0 Å². The molecule has 3 aliphatic carbocycles. The lowest BCUT2D eigenvalue weighted by atomic mass is 9.58. The van der Waals surface area contributed by atoms with E-state index in [4.69, 9.17) is 18.0 Å². The normalized spacial score (nSPS) is 29.4. The molecule has 7 heteroatoms. The van der Waals surface area contributed by atoms with Crippen LogP contribution in [0.3, 0.4) is 0 Å². The van der Waals surface area contributed by atoms with Crippen molar-refractivity contribution in [2.75, 3.05) is 13.2 Å². The first kappa shape index (κ1) is 42.4. The van der Waals surface area contributed by atoms with Crippen molar-refractivity contribution in [3.05, 3.63) is 23.3 Å². The number of rotatable bonds is 12. The highest BCUT2D eigenvalue weighted by Gasteiger charge is 2.54. The Bertz CT molecular complexity index is 1110. The average Bonchev–Trinajstić information content (AvgIpc) is 3.22. The van der Waals surface area contributed by atoms with E-state index < -0.39 is 25.0 Å². The number of ether oxygens (including phenoxy) is 1. The molecule has 4 nitrogen and oxygen atoms in total. The van der Waals surface area contributed by atoms with Gasteiger partial charge in [0.05, 0.1) is 31.0 Å². The summed E-state index contributed by atoms with van der Waals surface area (Å²) in [6, 6.07) is 0. The molecule has 0 aromatic carbocycles. The molecule has 0 aliphatic heterocycles. The Labute approximate surface area is 302 Å². The van der Waals surface area contributed by atoms with E-state index in [0.717, 1.165) is 25.9 Å². The molecule has 3 aliphatic rings. The van der Waals surface area contributed by atoms with Gasteiger partial charge in [0.15, 0.2) is 25.0 Å². The molecule has 5 atom stereocenters. The molecule has 0 aromatic heterocycles.